The van der Waals surface area contributed by atoms with Gasteiger partial charge in [0.15, 0.2) is 5.11 Å². The number of esters is 1. The number of amides is 2. The van der Waals surface area contributed by atoms with Gasteiger partial charge in [0.05, 0.1) is 12.5 Å². The second-order valence-electron chi connectivity index (χ2n) is 5.77. The quantitative estimate of drug-likeness (QED) is 0.291. The molecule has 0 fully saturated rings. The minimum Gasteiger partial charge on any atom is -0.463 e. The average Bonchev–Trinajstić information content (AvgIpc) is 2.73. The van der Waals surface area contributed by atoms with E-state index in [0.29, 0.717) is 0 Å². The maximum atomic E-state index is 12.8. The number of ether oxygens (including phenoxy) is 1. The average molecular weight is 411 g/mol. The first-order valence-corrected chi connectivity index (χ1v) is 9.27. The molecule has 0 spiro atoms. The van der Waals surface area contributed by atoms with Crippen molar-refractivity contribution in [2.75, 3.05) is 6.61 Å². The van der Waals surface area contributed by atoms with Gasteiger partial charge < -0.3 is 4.74 Å². The molecule has 0 aliphatic heterocycles. The second kappa shape index (κ2) is 11.4. The van der Waals surface area contributed by atoms with Crippen LogP contribution in [0.4, 0.5) is 0 Å². The Morgan fingerprint density at radius 2 is 1.48 bits per heavy atom. The molecule has 2 amide bonds. The van der Waals surface area contributed by atoms with E-state index in [1.807, 2.05) is 60.7 Å². The zero-order valence-corrected chi connectivity index (χ0v) is 16.6. The largest absolute Gasteiger partial charge is 0.463 e. The predicted octanol–water partition coefficient (Wildman–Crippen LogP) is 1.96. The van der Waals surface area contributed by atoms with Crippen molar-refractivity contribution in [3.8, 4) is 0 Å². The fourth-order valence-electron chi connectivity index (χ4n) is 2.50. The third kappa shape index (κ3) is 7.19. The van der Waals surface area contributed by atoms with Gasteiger partial charge in [-0.15, -0.1) is 0 Å². The van der Waals surface area contributed by atoms with Gasteiger partial charge in [-0.25, -0.2) is 4.79 Å². The van der Waals surface area contributed by atoms with Crippen molar-refractivity contribution in [3.05, 3.63) is 83.9 Å². The van der Waals surface area contributed by atoms with E-state index in [9.17, 15) is 14.4 Å². The summed E-state index contributed by atoms with van der Waals surface area (Å²) in [4.78, 5) is 35.7. The molecule has 0 saturated heterocycles. The van der Waals surface area contributed by atoms with Crippen LogP contribution < -0.4 is 16.2 Å². The number of carbonyl (C=O) groups excluding carboxylic acids is 3. The molecule has 3 N–H and O–H groups in total. The molecule has 0 radical (unpaired) electrons. The van der Waals surface area contributed by atoms with Crippen LogP contribution in [0.1, 0.15) is 24.0 Å². The predicted molar refractivity (Wildman–Crippen MR) is 113 cm³/mol. The van der Waals surface area contributed by atoms with E-state index < -0.39 is 17.8 Å². The molecule has 2 rings (SSSR count). The van der Waals surface area contributed by atoms with E-state index in [1.165, 1.54) is 0 Å². The summed E-state index contributed by atoms with van der Waals surface area (Å²) in [6.07, 6.45) is 1.98. The van der Waals surface area contributed by atoms with Gasteiger partial charge in [-0.1, -0.05) is 60.7 Å². The van der Waals surface area contributed by atoms with Crippen molar-refractivity contribution >= 4 is 35.1 Å². The third-order valence-corrected chi connectivity index (χ3v) is 3.93. The van der Waals surface area contributed by atoms with Gasteiger partial charge >= 0.3 is 5.97 Å². The van der Waals surface area contributed by atoms with Crippen molar-refractivity contribution in [2.45, 2.75) is 12.8 Å². The van der Waals surface area contributed by atoms with Gasteiger partial charge in [0.1, 0.15) is 0 Å². The van der Waals surface area contributed by atoms with Crippen molar-refractivity contribution in [2.24, 2.45) is 0 Å². The summed E-state index contributed by atoms with van der Waals surface area (Å²) in [7, 11) is 0. The lowest BCUT2D eigenvalue weighted by molar-refractivity contribution is -0.137. The Kier molecular flexibility index (Phi) is 8.52. The zero-order chi connectivity index (χ0) is 21.1. The second-order valence-corrected chi connectivity index (χ2v) is 6.18. The number of thiocarbonyl (C=S) groups is 1. The van der Waals surface area contributed by atoms with Gasteiger partial charge in [-0.2, -0.15) is 0 Å². The molecule has 2 aromatic carbocycles. The third-order valence-electron chi connectivity index (χ3n) is 3.72. The Morgan fingerprint density at radius 1 is 0.931 bits per heavy atom. The lowest BCUT2D eigenvalue weighted by Gasteiger charge is -2.18. The smallest absolute Gasteiger partial charge is 0.330 e. The highest BCUT2D eigenvalue weighted by atomic mass is 32.1. The minimum atomic E-state index is -0.636. The molecular weight excluding hydrogens is 390 g/mol. The monoisotopic (exact) mass is 411 g/mol. The number of hydrogen-bond acceptors (Lipinski definition) is 5. The minimum absolute atomic E-state index is 0.114. The maximum Gasteiger partial charge on any atom is 0.330 e. The molecule has 8 heteroatoms. The van der Waals surface area contributed by atoms with Gasteiger partial charge in [-0.05, 0) is 30.3 Å². The van der Waals surface area contributed by atoms with Crippen LogP contribution >= 0.6 is 12.2 Å². The van der Waals surface area contributed by atoms with Gasteiger partial charge in [0, 0.05) is 12.2 Å². The van der Waals surface area contributed by atoms with Gasteiger partial charge in [0.2, 0.25) is 11.8 Å². The summed E-state index contributed by atoms with van der Waals surface area (Å²) in [5.74, 6) is -2.18. The molecule has 0 unspecified atom stereocenters. The van der Waals surface area contributed by atoms with Crippen LogP contribution in [0, 0.1) is 0 Å². The molecule has 2 aromatic rings. The molecule has 0 heterocycles. The summed E-state index contributed by atoms with van der Waals surface area (Å²) in [6.45, 7) is 1.87. The van der Waals surface area contributed by atoms with E-state index in [1.54, 1.807) is 6.92 Å². The summed E-state index contributed by atoms with van der Waals surface area (Å²) in [5.41, 5.74) is 6.63. The highest BCUT2D eigenvalue weighted by Gasteiger charge is 2.22. The SMILES string of the molecule is CCOC(=O)/C=C/C(=O)NC(=S)NNC(=O)C(c1ccccc1)c1ccccc1. The Hall–Kier alpha value is -3.52. The topological polar surface area (TPSA) is 96.5 Å². The highest BCUT2D eigenvalue weighted by molar-refractivity contribution is 7.80. The van der Waals surface area contributed by atoms with Crippen molar-refractivity contribution in [3.63, 3.8) is 0 Å². The van der Waals surface area contributed by atoms with Crippen LogP contribution in [0.2, 0.25) is 0 Å². The maximum absolute atomic E-state index is 12.8. The number of benzene rings is 2. The number of hydrazine groups is 1. The standard InChI is InChI=1S/C21H21N3O4S/c1-2-28-18(26)14-13-17(25)22-21(29)24-23-20(27)19(15-9-5-3-6-10-15)16-11-7-4-8-12-16/h3-14,19H,2H2,1H3,(H,23,27)(H2,22,24,25,29)/b14-13+. The van der Waals surface area contributed by atoms with Crippen LogP contribution in [-0.2, 0) is 19.1 Å². The van der Waals surface area contributed by atoms with Gasteiger partial charge in [0.25, 0.3) is 0 Å². The van der Waals surface area contributed by atoms with Crippen LogP contribution in [-0.4, -0.2) is 29.5 Å². The number of carbonyl (C=O) groups is 3. The number of nitrogens with one attached hydrogen (secondary N) is 3. The Balaban J connectivity index is 1.97. The van der Waals surface area contributed by atoms with Crippen LogP contribution in [0.3, 0.4) is 0 Å². The van der Waals surface area contributed by atoms with E-state index >= 15 is 0 Å². The van der Waals surface area contributed by atoms with Crippen molar-refractivity contribution in [1.29, 1.82) is 0 Å². The molecule has 0 saturated carbocycles. The lowest BCUT2D eigenvalue weighted by atomic mass is 9.91. The fourth-order valence-corrected chi connectivity index (χ4v) is 2.65. The summed E-state index contributed by atoms with van der Waals surface area (Å²) in [5, 5.41) is 2.21. The van der Waals surface area contributed by atoms with Crippen LogP contribution in [0.25, 0.3) is 0 Å². The van der Waals surface area contributed by atoms with E-state index in [4.69, 9.17) is 12.2 Å². The fraction of sp³-hybridized carbons (Fsp3) is 0.143. The normalized spacial score (nSPS) is 10.4. The van der Waals surface area contributed by atoms with Crippen LogP contribution in [0.15, 0.2) is 72.8 Å². The highest BCUT2D eigenvalue weighted by Crippen LogP contribution is 2.24. The lowest BCUT2D eigenvalue weighted by Crippen LogP contribution is -2.49. The molecule has 29 heavy (non-hydrogen) atoms. The first-order chi connectivity index (χ1) is 14.0. The molecule has 0 bridgehead atoms. The van der Waals surface area contributed by atoms with E-state index in [2.05, 4.69) is 20.9 Å². The summed E-state index contributed by atoms with van der Waals surface area (Å²) < 4.78 is 4.68. The first-order valence-electron chi connectivity index (χ1n) is 8.86. The Bertz CT molecular complexity index is 846. The number of rotatable bonds is 6. The Morgan fingerprint density at radius 3 is 2.00 bits per heavy atom. The molecule has 0 atom stereocenters. The summed E-state index contributed by atoms with van der Waals surface area (Å²) >= 11 is 4.99. The van der Waals surface area contributed by atoms with E-state index in [0.717, 1.165) is 23.3 Å². The zero-order valence-electron chi connectivity index (χ0n) is 15.8. The molecule has 0 aliphatic rings. The molecule has 150 valence electrons. The Labute approximate surface area is 174 Å². The van der Waals surface area contributed by atoms with E-state index in [-0.39, 0.29) is 17.6 Å². The molecule has 0 aromatic heterocycles. The summed E-state index contributed by atoms with van der Waals surface area (Å²) in [6, 6.07) is 18.6. The first kappa shape index (κ1) is 21.8. The van der Waals surface area contributed by atoms with Gasteiger partial charge in [-0.3, -0.25) is 25.8 Å². The molecular formula is C21H21N3O4S. The van der Waals surface area contributed by atoms with Crippen molar-refractivity contribution < 1.29 is 19.1 Å². The molecule has 0 aliphatic carbocycles. The number of hydrogen-bond donors (Lipinski definition) is 3. The van der Waals surface area contributed by atoms with Crippen molar-refractivity contribution in [1.82, 2.24) is 16.2 Å². The molecule has 7 nitrogen and oxygen atoms in total. The van der Waals surface area contributed by atoms with Crippen LogP contribution in [0.5, 0.6) is 0 Å².